The molecule has 0 saturated carbocycles. The van der Waals surface area contributed by atoms with Crippen LogP contribution in [0.3, 0.4) is 0 Å². The first kappa shape index (κ1) is 19.0. The molecule has 0 unspecified atom stereocenters. The van der Waals surface area contributed by atoms with Gasteiger partial charge in [-0.25, -0.2) is 17.2 Å². The maximum atomic E-state index is 14.3. The minimum atomic E-state index is -4.00. The number of halogens is 2. The summed E-state index contributed by atoms with van der Waals surface area (Å²) in [7, 11) is -4.00. The Morgan fingerprint density at radius 1 is 0.852 bits per heavy atom. The molecule has 3 nitrogen and oxygen atoms in total. The maximum Gasteiger partial charge on any atom is 0.264 e. The molecule has 3 aromatic carbocycles. The van der Waals surface area contributed by atoms with Crippen LogP contribution >= 0.6 is 0 Å². The van der Waals surface area contributed by atoms with Gasteiger partial charge in [-0.2, -0.15) is 0 Å². The Labute approximate surface area is 157 Å². The van der Waals surface area contributed by atoms with Gasteiger partial charge in [0.1, 0.15) is 11.6 Å². The smallest absolute Gasteiger partial charge is 0.259 e. The molecule has 0 saturated heterocycles. The number of rotatable bonds is 5. The summed E-state index contributed by atoms with van der Waals surface area (Å²) in [6, 6.07) is 16.7. The van der Waals surface area contributed by atoms with Crippen molar-refractivity contribution in [3.05, 3.63) is 95.6 Å². The maximum absolute atomic E-state index is 14.3. The van der Waals surface area contributed by atoms with Gasteiger partial charge in [0, 0.05) is 5.56 Å². The van der Waals surface area contributed by atoms with Crippen molar-refractivity contribution in [1.29, 1.82) is 0 Å². The molecule has 1 atom stereocenters. The molecule has 0 aromatic heterocycles. The van der Waals surface area contributed by atoms with E-state index in [9.17, 15) is 17.2 Å². The fraction of sp³-hybridized carbons (Fsp3) is 0.143. The van der Waals surface area contributed by atoms with Crippen LogP contribution in [-0.4, -0.2) is 8.42 Å². The van der Waals surface area contributed by atoms with Gasteiger partial charge in [0.05, 0.1) is 16.6 Å². The van der Waals surface area contributed by atoms with Crippen molar-refractivity contribution in [2.45, 2.75) is 24.8 Å². The number of benzene rings is 3. The molecule has 0 fully saturated rings. The van der Waals surface area contributed by atoms with Gasteiger partial charge in [0.25, 0.3) is 10.0 Å². The van der Waals surface area contributed by atoms with Crippen LogP contribution in [0.4, 0.5) is 14.5 Å². The van der Waals surface area contributed by atoms with Crippen LogP contribution in [0.5, 0.6) is 0 Å². The second-order valence-electron chi connectivity index (χ2n) is 6.29. The third kappa shape index (κ3) is 3.85. The minimum Gasteiger partial charge on any atom is -0.259 e. The van der Waals surface area contributed by atoms with Crippen LogP contribution in [0.1, 0.15) is 24.1 Å². The fourth-order valence-corrected chi connectivity index (χ4v) is 4.56. The fourth-order valence-electron chi connectivity index (χ4n) is 2.92. The van der Waals surface area contributed by atoms with Gasteiger partial charge in [-0.1, -0.05) is 35.9 Å². The number of aryl methyl sites for hydroxylation is 1. The predicted molar refractivity (Wildman–Crippen MR) is 102 cm³/mol. The Morgan fingerprint density at radius 2 is 1.44 bits per heavy atom. The zero-order valence-corrected chi connectivity index (χ0v) is 15.7. The summed E-state index contributed by atoms with van der Waals surface area (Å²) < 4.78 is 55.6. The van der Waals surface area contributed by atoms with E-state index in [1.165, 1.54) is 42.5 Å². The summed E-state index contributed by atoms with van der Waals surface area (Å²) in [4.78, 5) is 0.0839. The number of sulfonamides is 1. The van der Waals surface area contributed by atoms with E-state index in [1.807, 2.05) is 6.92 Å². The predicted octanol–water partition coefficient (Wildman–Crippen LogP) is 5.23. The van der Waals surface area contributed by atoms with Crippen molar-refractivity contribution in [3.8, 4) is 0 Å². The molecule has 6 heteroatoms. The summed E-state index contributed by atoms with van der Waals surface area (Å²) in [6.45, 7) is 3.46. The number of anilines is 1. The third-order valence-electron chi connectivity index (χ3n) is 4.37. The largest absolute Gasteiger partial charge is 0.264 e. The highest BCUT2D eigenvalue weighted by Gasteiger charge is 2.31. The first-order valence-electron chi connectivity index (χ1n) is 8.42. The Hall–Kier alpha value is -2.73. The molecule has 0 radical (unpaired) electrons. The van der Waals surface area contributed by atoms with E-state index >= 15 is 0 Å². The van der Waals surface area contributed by atoms with E-state index in [0.29, 0.717) is 0 Å². The Kier molecular flexibility index (Phi) is 5.28. The summed E-state index contributed by atoms with van der Waals surface area (Å²) in [6.07, 6.45) is 0. The highest BCUT2D eigenvalue weighted by molar-refractivity contribution is 7.92. The van der Waals surface area contributed by atoms with Gasteiger partial charge in [0.15, 0.2) is 0 Å². The number of nitrogens with zero attached hydrogens (tertiary/aromatic N) is 1. The third-order valence-corrected chi connectivity index (χ3v) is 6.28. The molecule has 0 aliphatic heterocycles. The topological polar surface area (TPSA) is 37.4 Å². The first-order valence-corrected chi connectivity index (χ1v) is 9.86. The van der Waals surface area contributed by atoms with Gasteiger partial charge >= 0.3 is 0 Å². The molecule has 3 rings (SSSR count). The first-order chi connectivity index (χ1) is 12.8. The monoisotopic (exact) mass is 387 g/mol. The van der Waals surface area contributed by atoms with Crippen molar-refractivity contribution in [3.63, 3.8) is 0 Å². The number of hydrogen-bond donors (Lipinski definition) is 0. The average Bonchev–Trinajstić information content (AvgIpc) is 2.64. The van der Waals surface area contributed by atoms with Gasteiger partial charge in [-0.15, -0.1) is 0 Å². The number of hydrogen-bond acceptors (Lipinski definition) is 2. The second kappa shape index (κ2) is 7.48. The molecule has 0 bridgehead atoms. The van der Waals surface area contributed by atoms with Crippen LogP contribution in [0.2, 0.25) is 0 Å². The Bertz CT molecular complexity index is 1030. The lowest BCUT2D eigenvalue weighted by Gasteiger charge is -2.31. The van der Waals surface area contributed by atoms with Crippen LogP contribution in [0, 0.1) is 18.6 Å². The molecule has 0 aliphatic rings. The zero-order valence-electron chi connectivity index (χ0n) is 14.9. The SMILES string of the molecule is Cc1ccc(S(=O)(=O)N(c2ccc(F)cc2)[C@@H](C)c2ccccc2F)cc1. The summed E-state index contributed by atoms with van der Waals surface area (Å²) in [5.74, 6) is -0.985. The highest BCUT2D eigenvalue weighted by atomic mass is 32.2. The van der Waals surface area contributed by atoms with E-state index in [1.54, 1.807) is 37.3 Å². The van der Waals surface area contributed by atoms with E-state index in [2.05, 4.69) is 0 Å². The van der Waals surface area contributed by atoms with Crippen LogP contribution in [0.15, 0.2) is 77.7 Å². The molecule has 140 valence electrons. The summed E-state index contributed by atoms with van der Waals surface area (Å²) in [5, 5.41) is 0. The molecule has 0 aliphatic carbocycles. The van der Waals surface area contributed by atoms with Crippen molar-refractivity contribution in [2.75, 3.05) is 4.31 Å². The average molecular weight is 387 g/mol. The second-order valence-corrected chi connectivity index (χ2v) is 8.10. The van der Waals surface area contributed by atoms with E-state index in [4.69, 9.17) is 0 Å². The van der Waals surface area contributed by atoms with E-state index < -0.39 is 27.7 Å². The van der Waals surface area contributed by atoms with Gasteiger partial charge < -0.3 is 0 Å². The van der Waals surface area contributed by atoms with Crippen molar-refractivity contribution in [1.82, 2.24) is 0 Å². The molecular weight excluding hydrogens is 368 g/mol. The van der Waals surface area contributed by atoms with E-state index in [-0.39, 0.29) is 16.1 Å². The molecular formula is C21H19F2NO2S. The lowest BCUT2D eigenvalue weighted by molar-refractivity contribution is 0.569. The highest BCUT2D eigenvalue weighted by Crippen LogP contribution is 2.34. The molecule has 0 N–H and O–H groups in total. The van der Waals surface area contributed by atoms with Crippen molar-refractivity contribution < 1.29 is 17.2 Å². The summed E-state index contributed by atoms with van der Waals surface area (Å²) in [5.41, 5.74) is 1.41. The molecule has 0 amide bonds. The van der Waals surface area contributed by atoms with Gasteiger partial charge in [-0.05, 0) is 56.3 Å². The molecule has 0 heterocycles. The lowest BCUT2D eigenvalue weighted by atomic mass is 10.1. The quantitative estimate of drug-likeness (QED) is 0.601. The standard InChI is InChI=1S/C21H19F2NO2S/c1-15-7-13-19(14-8-15)27(25,26)24(18-11-9-17(22)10-12-18)16(2)20-5-3-4-6-21(20)23/h3-14,16H,1-2H3/t16-/m0/s1. The molecule has 3 aromatic rings. The summed E-state index contributed by atoms with van der Waals surface area (Å²) >= 11 is 0. The Morgan fingerprint density at radius 3 is 2.04 bits per heavy atom. The van der Waals surface area contributed by atoms with Crippen molar-refractivity contribution >= 4 is 15.7 Å². The van der Waals surface area contributed by atoms with Crippen LogP contribution in [-0.2, 0) is 10.0 Å². The molecule has 27 heavy (non-hydrogen) atoms. The van der Waals surface area contributed by atoms with E-state index in [0.717, 1.165) is 9.87 Å². The van der Waals surface area contributed by atoms with Crippen molar-refractivity contribution in [2.24, 2.45) is 0 Å². The van der Waals surface area contributed by atoms with Crippen LogP contribution < -0.4 is 4.31 Å². The Balaban J connectivity index is 2.17. The molecule has 0 spiro atoms. The minimum absolute atomic E-state index is 0.0839. The zero-order chi connectivity index (χ0) is 19.6. The van der Waals surface area contributed by atoms with Crippen LogP contribution in [0.25, 0.3) is 0 Å². The normalized spacial score (nSPS) is 12.6. The lowest BCUT2D eigenvalue weighted by Crippen LogP contribution is -2.34. The van der Waals surface area contributed by atoms with Gasteiger partial charge in [-0.3, -0.25) is 4.31 Å². The van der Waals surface area contributed by atoms with Gasteiger partial charge in [0.2, 0.25) is 0 Å².